The normalized spacial score (nSPS) is 16.2. The molecule has 0 atom stereocenters. The van der Waals surface area contributed by atoms with Gasteiger partial charge >= 0.3 is 0 Å². The van der Waals surface area contributed by atoms with Gasteiger partial charge in [-0.15, -0.1) is 0 Å². The highest BCUT2D eigenvalue weighted by Crippen LogP contribution is 2.18. The third-order valence-corrected chi connectivity index (χ3v) is 4.84. The van der Waals surface area contributed by atoms with Gasteiger partial charge in [-0.1, -0.05) is 19.1 Å². The SMILES string of the molecule is CCCNC1CCN(C(=O)Cc2ccc3ccn(C)c3c2)CC1. The molecule has 23 heavy (non-hydrogen) atoms. The second-order valence-electron chi connectivity index (χ2n) is 6.61. The van der Waals surface area contributed by atoms with Crippen LogP contribution < -0.4 is 5.32 Å². The van der Waals surface area contributed by atoms with E-state index in [2.05, 4.69) is 47.3 Å². The lowest BCUT2D eigenvalue weighted by Gasteiger charge is -2.32. The molecule has 0 radical (unpaired) electrons. The maximum Gasteiger partial charge on any atom is 0.226 e. The van der Waals surface area contributed by atoms with Gasteiger partial charge in [0.1, 0.15) is 0 Å². The number of aryl methyl sites for hydroxylation is 1. The Bertz CT molecular complexity index is 668. The summed E-state index contributed by atoms with van der Waals surface area (Å²) in [5.41, 5.74) is 2.30. The van der Waals surface area contributed by atoms with Gasteiger partial charge in [0.2, 0.25) is 5.91 Å². The predicted molar refractivity (Wildman–Crippen MR) is 94.5 cm³/mol. The molecule has 3 rings (SSSR count). The Kier molecular flexibility index (Phi) is 5.01. The molecular weight excluding hydrogens is 286 g/mol. The van der Waals surface area contributed by atoms with Crippen LogP contribution >= 0.6 is 0 Å². The van der Waals surface area contributed by atoms with Crippen molar-refractivity contribution < 1.29 is 4.79 Å². The molecule has 1 N–H and O–H groups in total. The molecule has 1 amide bonds. The van der Waals surface area contributed by atoms with Crippen molar-refractivity contribution in [3.63, 3.8) is 0 Å². The quantitative estimate of drug-likeness (QED) is 0.921. The molecule has 1 saturated heterocycles. The highest BCUT2D eigenvalue weighted by atomic mass is 16.2. The second-order valence-corrected chi connectivity index (χ2v) is 6.61. The van der Waals surface area contributed by atoms with Crippen LogP contribution in [-0.4, -0.2) is 41.1 Å². The number of hydrogen-bond donors (Lipinski definition) is 1. The maximum atomic E-state index is 12.5. The average molecular weight is 313 g/mol. The van der Waals surface area contributed by atoms with E-state index in [4.69, 9.17) is 0 Å². The van der Waals surface area contributed by atoms with Crippen molar-refractivity contribution in [1.82, 2.24) is 14.8 Å². The van der Waals surface area contributed by atoms with Crippen LogP contribution in [0, 0.1) is 0 Å². The van der Waals surface area contributed by atoms with Crippen LogP contribution in [0.25, 0.3) is 10.9 Å². The highest BCUT2D eigenvalue weighted by Gasteiger charge is 2.22. The Morgan fingerprint density at radius 3 is 2.78 bits per heavy atom. The number of rotatable bonds is 5. The molecule has 1 aliphatic heterocycles. The van der Waals surface area contributed by atoms with Crippen LogP contribution in [0.3, 0.4) is 0 Å². The number of aromatic nitrogens is 1. The zero-order valence-electron chi connectivity index (χ0n) is 14.2. The van der Waals surface area contributed by atoms with Crippen molar-refractivity contribution in [2.75, 3.05) is 19.6 Å². The van der Waals surface area contributed by atoms with Crippen molar-refractivity contribution in [2.45, 2.75) is 38.6 Å². The van der Waals surface area contributed by atoms with Crippen LogP contribution in [0.5, 0.6) is 0 Å². The first-order valence-electron chi connectivity index (χ1n) is 8.72. The van der Waals surface area contributed by atoms with E-state index < -0.39 is 0 Å². The predicted octanol–water partition coefficient (Wildman–Crippen LogP) is 2.71. The van der Waals surface area contributed by atoms with E-state index in [1.807, 2.05) is 11.9 Å². The Balaban J connectivity index is 1.57. The summed E-state index contributed by atoms with van der Waals surface area (Å²) in [5.74, 6) is 0.257. The van der Waals surface area contributed by atoms with Crippen LogP contribution in [-0.2, 0) is 18.3 Å². The molecule has 0 unspecified atom stereocenters. The van der Waals surface area contributed by atoms with Crippen LogP contribution in [0.15, 0.2) is 30.5 Å². The van der Waals surface area contributed by atoms with Crippen molar-refractivity contribution >= 4 is 16.8 Å². The summed E-state index contributed by atoms with van der Waals surface area (Å²) in [6, 6.07) is 9.02. The summed E-state index contributed by atoms with van der Waals surface area (Å²) < 4.78 is 2.11. The molecule has 124 valence electrons. The molecule has 4 heteroatoms. The molecule has 0 bridgehead atoms. The molecule has 2 heterocycles. The van der Waals surface area contributed by atoms with Gasteiger partial charge in [0, 0.05) is 37.9 Å². The highest BCUT2D eigenvalue weighted by molar-refractivity contribution is 5.84. The van der Waals surface area contributed by atoms with E-state index >= 15 is 0 Å². The van der Waals surface area contributed by atoms with Crippen molar-refractivity contribution in [1.29, 1.82) is 0 Å². The fraction of sp³-hybridized carbons (Fsp3) is 0.526. The lowest BCUT2D eigenvalue weighted by molar-refractivity contribution is -0.131. The number of carbonyl (C=O) groups excluding carboxylic acids is 1. The summed E-state index contributed by atoms with van der Waals surface area (Å²) in [6.07, 6.45) is 5.88. The topological polar surface area (TPSA) is 37.3 Å². The third kappa shape index (κ3) is 3.75. The number of carbonyl (C=O) groups is 1. The molecule has 0 spiro atoms. The third-order valence-electron chi connectivity index (χ3n) is 4.84. The van der Waals surface area contributed by atoms with Crippen LogP contribution in [0.2, 0.25) is 0 Å². The Morgan fingerprint density at radius 1 is 1.26 bits per heavy atom. The molecule has 1 aromatic carbocycles. The van der Waals surface area contributed by atoms with Gasteiger partial charge in [-0.3, -0.25) is 4.79 Å². The Hall–Kier alpha value is -1.81. The minimum absolute atomic E-state index is 0.257. The number of fused-ring (bicyclic) bond motifs is 1. The standard InChI is InChI=1S/C19H27N3O/c1-3-9-20-17-7-11-22(12-8-17)19(23)14-15-4-5-16-6-10-21(2)18(16)13-15/h4-6,10,13,17,20H,3,7-9,11-12,14H2,1-2H3. The zero-order chi connectivity index (χ0) is 16.2. The maximum absolute atomic E-state index is 12.5. The van der Waals surface area contributed by atoms with Crippen LogP contribution in [0.1, 0.15) is 31.7 Å². The van der Waals surface area contributed by atoms with Gasteiger partial charge in [0.25, 0.3) is 0 Å². The number of likely N-dealkylation sites (tertiary alicyclic amines) is 1. The van der Waals surface area contributed by atoms with E-state index in [1.54, 1.807) is 0 Å². The second kappa shape index (κ2) is 7.18. The summed E-state index contributed by atoms with van der Waals surface area (Å²) in [5, 5.41) is 4.79. The number of benzene rings is 1. The number of nitrogens with zero attached hydrogens (tertiary/aromatic N) is 2. The fourth-order valence-corrected chi connectivity index (χ4v) is 3.39. The fourth-order valence-electron chi connectivity index (χ4n) is 3.39. The van der Waals surface area contributed by atoms with Gasteiger partial charge in [0.05, 0.1) is 6.42 Å². The van der Waals surface area contributed by atoms with Gasteiger partial charge < -0.3 is 14.8 Å². The summed E-state index contributed by atoms with van der Waals surface area (Å²) in [4.78, 5) is 14.6. The minimum atomic E-state index is 0.257. The van der Waals surface area contributed by atoms with Gasteiger partial charge in [-0.25, -0.2) is 0 Å². The lowest BCUT2D eigenvalue weighted by atomic mass is 10.0. The van der Waals surface area contributed by atoms with Gasteiger partial charge in [-0.05, 0) is 48.9 Å². The first-order valence-corrected chi connectivity index (χ1v) is 8.72. The monoisotopic (exact) mass is 313 g/mol. The lowest BCUT2D eigenvalue weighted by Crippen LogP contribution is -2.45. The van der Waals surface area contributed by atoms with E-state index in [0.29, 0.717) is 12.5 Å². The Morgan fingerprint density at radius 2 is 2.04 bits per heavy atom. The Labute approximate surface area is 138 Å². The van der Waals surface area contributed by atoms with Crippen molar-refractivity contribution in [2.24, 2.45) is 7.05 Å². The molecule has 1 aliphatic rings. The van der Waals surface area contributed by atoms with E-state index in [9.17, 15) is 4.79 Å². The van der Waals surface area contributed by atoms with Crippen molar-refractivity contribution in [3.05, 3.63) is 36.0 Å². The first kappa shape index (κ1) is 16.1. The molecule has 2 aromatic rings. The number of nitrogens with one attached hydrogen (secondary N) is 1. The van der Waals surface area contributed by atoms with E-state index in [1.165, 1.54) is 17.3 Å². The molecule has 4 nitrogen and oxygen atoms in total. The number of amides is 1. The molecule has 0 saturated carbocycles. The largest absolute Gasteiger partial charge is 0.351 e. The smallest absolute Gasteiger partial charge is 0.226 e. The van der Waals surface area contributed by atoms with Gasteiger partial charge in [-0.2, -0.15) is 0 Å². The van der Waals surface area contributed by atoms with Crippen LogP contribution in [0.4, 0.5) is 0 Å². The molecular formula is C19H27N3O. The molecule has 1 aromatic heterocycles. The van der Waals surface area contributed by atoms with E-state index in [-0.39, 0.29) is 5.91 Å². The summed E-state index contributed by atoms with van der Waals surface area (Å²) >= 11 is 0. The van der Waals surface area contributed by atoms with Gasteiger partial charge in [0.15, 0.2) is 0 Å². The van der Waals surface area contributed by atoms with Crippen molar-refractivity contribution in [3.8, 4) is 0 Å². The van der Waals surface area contributed by atoms with E-state index in [0.717, 1.165) is 38.0 Å². The minimum Gasteiger partial charge on any atom is -0.351 e. The molecule has 1 fully saturated rings. The molecule has 0 aliphatic carbocycles. The first-order chi connectivity index (χ1) is 11.2. The summed E-state index contributed by atoms with van der Waals surface area (Å²) in [7, 11) is 2.04. The zero-order valence-corrected chi connectivity index (χ0v) is 14.2. The number of hydrogen-bond acceptors (Lipinski definition) is 2. The average Bonchev–Trinajstić information content (AvgIpc) is 2.94. The number of piperidine rings is 1. The summed E-state index contributed by atoms with van der Waals surface area (Å²) in [6.45, 7) is 5.03.